The lowest BCUT2D eigenvalue weighted by atomic mass is 9.99. The summed E-state index contributed by atoms with van der Waals surface area (Å²) in [5, 5.41) is 16.7. The summed E-state index contributed by atoms with van der Waals surface area (Å²) in [7, 11) is 1.90. The molecule has 0 spiro atoms. The number of nitro benzene ring substituents is 1. The molecule has 4 heterocycles. The van der Waals surface area contributed by atoms with Crippen molar-refractivity contribution in [3.63, 3.8) is 0 Å². The Kier molecular flexibility index (Phi) is 4.83. The predicted molar refractivity (Wildman–Crippen MR) is 119 cm³/mol. The monoisotopic (exact) mass is 414 g/mol. The van der Waals surface area contributed by atoms with Crippen molar-refractivity contribution in [1.29, 1.82) is 0 Å². The van der Waals surface area contributed by atoms with Crippen LogP contribution < -0.4 is 0 Å². The van der Waals surface area contributed by atoms with Crippen LogP contribution in [-0.2, 0) is 13.6 Å². The molecule has 0 amide bonds. The van der Waals surface area contributed by atoms with E-state index < -0.39 is 0 Å². The first kappa shape index (κ1) is 19.2. The molecule has 156 valence electrons. The zero-order valence-electron chi connectivity index (χ0n) is 17.2. The van der Waals surface area contributed by atoms with E-state index in [4.69, 9.17) is 0 Å². The summed E-state index contributed by atoms with van der Waals surface area (Å²) < 4.78 is 1.80. The second-order valence-electron chi connectivity index (χ2n) is 7.80. The number of aromatic amines is 1. The number of nitrogens with zero attached hydrogens (tertiary/aromatic N) is 5. The van der Waals surface area contributed by atoms with Gasteiger partial charge < -0.3 is 4.98 Å². The van der Waals surface area contributed by atoms with Crippen LogP contribution in [0.5, 0.6) is 0 Å². The fourth-order valence-electron chi connectivity index (χ4n) is 4.20. The Labute approximate surface area is 179 Å². The summed E-state index contributed by atoms with van der Waals surface area (Å²) in [6, 6.07) is 10.7. The van der Waals surface area contributed by atoms with E-state index >= 15 is 0 Å². The first-order valence-electron chi connectivity index (χ1n) is 10.2. The first-order valence-corrected chi connectivity index (χ1v) is 10.2. The van der Waals surface area contributed by atoms with Gasteiger partial charge in [-0.25, -0.2) is 4.98 Å². The number of hydrogen-bond acceptors (Lipinski definition) is 5. The predicted octanol–water partition coefficient (Wildman–Crippen LogP) is 4.16. The minimum absolute atomic E-state index is 0.0856. The highest BCUT2D eigenvalue weighted by Crippen LogP contribution is 2.30. The molecule has 0 unspecified atom stereocenters. The number of aryl methyl sites for hydroxylation is 1. The lowest BCUT2D eigenvalue weighted by Crippen LogP contribution is -2.28. The second-order valence-corrected chi connectivity index (χ2v) is 7.80. The van der Waals surface area contributed by atoms with E-state index in [1.54, 1.807) is 23.0 Å². The summed E-state index contributed by atoms with van der Waals surface area (Å²) >= 11 is 0. The molecule has 31 heavy (non-hydrogen) atoms. The van der Waals surface area contributed by atoms with E-state index in [1.807, 2.05) is 25.5 Å². The van der Waals surface area contributed by atoms with Gasteiger partial charge in [-0.3, -0.25) is 19.7 Å². The zero-order valence-corrected chi connectivity index (χ0v) is 17.2. The van der Waals surface area contributed by atoms with E-state index in [0.717, 1.165) is 53.9 Å². The van der Waals surface area contributed by atoms with Gasteiger partial charge in [-0.2, -0.15) is 5.10 Å². The van der Waals surface area contributed by atoms with Crippen LogP contribution in [0.15, 0.2) is 61.1 Å². The second kappa shape index (κ2) is 7.81. The van der Waals surface area contributed by atoms with Crippen molar-refractivity contribution < 1.29 is 4.92 Å². The molecular weight excluding hydrogens is 392 g/mol. The Morgan fingerprint density at radius 1 is 1.23 bits per heavy atom. The van der Waals surface area contributed by atoms with Crippen molar-refractivity contribution in [3.05, 3.63) is 82.3 Å². The summed E-state index contributed by atoms with van der Waals surface area (Å²) in [5.41, 5.74) is 6.46. The van der Waals surface area contributed by atoms with Crippen LogP contribution in [0.25, 0.3) is 27.9 Å². The van der Waals surface area contributed by atoms with Gasteiger partial charge in [0.25, 0.3) is 5.69 Å². The Bertz CT molecular complexity index is 1290. The van der Waals surface area contributed by atoms with Gasteiger partial charge >= 0.3 is 0 Å². The summed E-state index contributed by atoms with van der Waals surface area (Å²) in [4.78, 5) is 20.6. The number of non-ortho nitro benzene ring substituents is 1. The Morgan fingerprint density at radius 3 is 2.81 bits per heavy atom. The maximum Gasteiger partial charge on any atom is 0.269 e. The average molecular weight is 414 g/mol. The van der Waals surface area contributed by atoms with Gasteiger partial charge in [0.2, 0.25) is 0 Å². The highest BCUT2D eigenvalue weighted by atomic mass is 16.6. The number of rotatable bonds is 5. The smallest absolute Gasteiger partial charge is 0.269 e. The molecule has 5 rings (SSSR count). The quantitative estimate of drug-likeness (QED) is 0.391. The van der Waals surface area contributed by atoms with Gasteiger partial charge in [0, 0.05) is 79.5 Å². The molecule has 3 aromatic heterocycles. The molecular formula is C23H22N6O2. The summed E-state index contributed by atoms with van der Waals surface area (Å²) in [6.45, 7) is 2.59. The normalized spacial score (nSPS) is 14.7. The molecule has 0 fully saturated rings. The van der Waals surface area contributed by atoms with Crippen LogP contribution >= 0.6 is 0 Å². The van der Waals surface area contributed by atoms with Crippen LogP contribution in [0.2, 0.25) is 0 Å². The van der Waals surface area contributed by atoms with E-state index in [0.29, 0.717) is 0 Å². The molecule has 8 nitrogen and oxygen atoms in total. The van der Waals surface area contributed by atoms with Gasteiger partial charge in [-0.05, 0) is 36.3 Å². The van der Waals surface area contributed by atoms with E-state index in [1.165, 1.54) is 23.3 Å². The zero-order chi connectivity index (χ0) is 21.4. The Hall–Kier alpha value is -3.78. The van der Waals surface area contributed by atoms with Gasteiger partial charge in [0.05, 0.1) is 10.6 Å². The molecule has 0 bridgehead atoms. The molecule has 4 aromatic rings. The molecule has 0 atom stereocenters. The van der Waals surface area contributed by atoms with E-state index in [9.17, 15) is 10.1 Å². The van der Waals surface area contributed by atoms with Crippen molar-refractivity contribution in [2.24, 2.45) is 7.05 Å². The molecule has 0 saturated carbocycles. The highest BCUT2D eigenvalue weighted by molar-refractivity contribution is 5.90. The van der Waals surface area contributed by atoms with Crippen molar-refractivity contribution in [2.45, 2.75) is 13.0 Å². The number of nitrogens with one attached hydrogen (secondary N) is 1. The lowest BCUT2D eigenvalue weighted by molar-refractivity contribution is -0.384. The van der Waals surface area contributed by atoms with Crippen molar-refractivity contribution in [1.82, 2.24) is 24.6 Å². The van der Waals surface area contributed by atoms with Gasteiger partial charge in [0.1, 0.15) is 5.65 Å². The Balaban J connectivity index is 1.34. The lowest BCUT2D eigenvalue weighted by Gasteiger charge is -2.26. The average Bonchev–Trinajstić information content (AvgIpc) is 3.38. The van der Waals surface area contributed by atoms with E-state index in [-0.39, 0.29) is 10.6 Å². The molecule has 1 aromatic carbocycles. The number of pyridine rings is 1. The molecule has 0 saturated heterocycles. The third kappa shape index (κ3) is 3.73. The van der Waals surface area contributed by atoms with Crippen molar-refractivity contribution >= 4 is 22.3 Å². The number of H-pyrrole nitrogens is 1. The molecule has 8 heteroatoms. The maximum atomic E-state index is 10.9. The Morgan fingerprint density at radius 2 is 2.06 bits per heavy atom. The van der Waals surface area contributed by atoms with Gasteiger partial charge in [-0.1, -0.05) is 6.08 Å². The molecule has 1 aliphatic heterocycles. The SMILES string of the molecule is Cn1cc(CN2CC=C(c3c[nH]c4ncccc34)CC2)c(-c2ccc([N+](=O)[O-])cc2)n1. The molecule has 1 aliphatic rings. The van der Waals surface area contributed by atoms with Crippen molar-refractivity contribution in [3.8, 4) is 11.3 Å². The molecule has 0 radical (unpaired) electrons. The molecule has 0 aliphatic carbocycles. The minimum atomic E-state index is -0.384. The first-order chi connectivity index (χ1) is 15.1. The summed E-state index contributed by atoms with van der Waals surface area (Å²) in [6.07, 6.45) is 9.14. The van der Waals surface area contributed by atoms with Crippen LogP contribution in [0.4, 0.5) is 5.69 Å². The molecule has 1 N–H and O–H groups in total. The third-order valence-electron chi connectivity index (χ3n) is 5.74. The van der Waals surface area contributed by atoms with Crippen molar-refractivity contribution in [2.75, 3.05) is 13.1 Å². The largest absolute Gasteiger partial charge is 0.346 e. The van der Waals surface area contributed by atoms with Gasteiger partial charge in [0.15, 0.2) is 0 Å². The van der Waals surface area contributed by atoms with Crippen LogP contribution in [0.3, 0.4) is 0 Å². The fraction of sp³-hybridized carbons (Fsp3) is 0.217. The highest BCUT2D eigenvalue weighted by Gasteiger charge is 2.19. The number of fused-ring (bicyclic) bond motifs is 1. The third-order valence-corrected chi connectivity index (χ3v) is 5.74. The minimum Gasteiger partial charge on any atom is -0.346 e. The fourth-order valence-corrected chi connectivity index (χ4v) is 4.20. The number of aromatic nitrogens is 4. The standard InChI is InChI=1S/C23H22N6O2/c1-27-14-18(22(26-27)17-4-6-19(7-5-17)29(30)31)15-28-11-8-16(9-12-28)21-13-25-23-20(21)3-2-10-24-23/h2-8,10,13-14H,9,11-12,15H2,1H3,(H,24,25). The number of hydrogen-bond donors (Lipinski definition) is 1. The number of nitro groups is 1. The van der Waals surface area contributed by atoms with E-state index in [2.05, 4.69) is 32.1 Å². The topological polar surface area (TPSA) is 92.9 Å². The summed E-state index contributed by atoms with van der Waals surface area (Å²) in [5.74, 6) is 0. The van der Waals surface area contributed by atoms with Crippen LogP contribution in [-0.4, -0.2) is 42.7 Å². The maximum absolute atomic E-state index is 10.9. The van der Waals surface area contributed by atoms with Gasteiger partial charge in [-0.15, -0.1) is 0 Å². The van der Waals surface area contributed by atoms with Crippen LogP contribution in [0, 0.1) is 10.1 Å². The van der Waals surface area contributed by atoms with Crippen LogP contribution in [0.1, 0.15) is 17.5 Å². The number of benzene rings is 1.